The van der Waals surface area contributed by atoms with E-state index >= 15 is 0 Å². The Balaban J connectivity index is 1.93. The van der Waals surface area contributed by atoms with E-state index in [-0.39, 0.29) is 24.9 Å². The molecule has 144 valence electrons. The average molecular weight is 382 g/mol. The molecular weight excluding hydrogens is 356 g/mol. The molecule has 0 bridgehead atoms. The number of pyridine rings is 1. The molecule has 0 spiro atoms. The van der Waals surface area contributed by atoms with Gasteiger partial charge in [-0.15, -0.1) is 0 Å². The highest BCUT2D eigenvalue weighted by Gasteiger charge is 2.35. The first kappa shape index (κ1) is 18.9. The number of anilines is 1. The summed E-state index contributed by atoms with van der Waals surface area (Å²) in [6.07, 6.45) is 4.19. The van der Waals surface area contributed by atoms with Gasteiger partial charge in [0, 0.05) is 24.8 Å². The minimum absolute atomic E-state index is 0.206. The fourth-order valence-electron chi connectivity index (χ4n) is 3.09. The van der Waals surface area contributed by atoms with Gasteiger partial charge in [-0.05, 0) is 39.7 Å². The molecule has 2 aliphatic rings. The lowest BCUT2D eigenvalue weighted by molar-refractivity contribution is 0.0919. The molecule has 0 saturated carbocycles. The van der Waals surface area contributed by atoms with Gasteiger partial charge in [-0.25, -0.2) is 9.29 Å². The second kappa shape index (κ2) is 7.03. The first-order valence-corrected chi connectivity index (χ1v) is 10.3. The number of carbonyl (C=O) groups is 1. The van der Waals surface area contributed by atoms with Crippen molar-refractivity contribution in [2.45, 2.75) is 45.6 Å². The first-order chi connectivity index (χ1) is 12.2. The van der Waals surface area contributed by atoms with E-state index in [0.717, 1.165) is 19.3 Å². The molecule has 0 aliphatic carbocycles. The van der Waals surface area contributed by atoms with Gasteiger partial charge in [-0.3, -0.25) is 4.79 Å². The van der Waals surface area contributed by atoms with E-state index < -0.39 is 15.7 Å². The average Bonchev–Trinajstić information content (AvgIpc) is 2.60. The summed E-state index contributed by atoms with van der Waals surface area (Å²) >= 11 is 0. The molecule has 1 aromatic heterocycles. The Morgan fingerprint density at radius 2 is 1.88 bits per heavy atom. The SMILES string of the molecule is CC(C)(C)NC(=O)c1cnc2c(c1)N(S(=O)(=O)N1CCCCC1)CCO2. The van der Waals surface area contributed by atoms with Crippen LogP contribution in [0.25, 0.3) is 0 Å². The van der Waals surface area contributed by atoms with Crippen LogP contribution in [0.4, 0.5) is 5.69 Å². The summed E-state index contributed by atoms with van der Waals surface area (Å²) in [6.45, 7) is 7.13. The number of hydrogen-bond donors (Lipinski definition) is 1. The normalized spacial score (nSPS) is 18.8. The van der Waals surface area contributed by atoms with Crippen LogP contribution in [0.3, 0.4) is 0 Å². The van der Waals surface area contributed by atoms with Gasteiger partial charge in [0.1, 0.15) is 12.3 Å². The van der Waals surface area contributed by atoms with Crippen molar-refractivity contribution >= 4 is 21.8 Å². The summed E-state index contributed by atoms with van der Waals surface area (Å²) in [5.41, 5.74) is 0.231. The van der Waals surface area contributed by atoms with Gasteiger partial charge >= 0.3 is 10.2 Å². The van der Waals surface area contributed by atoms with Crippen molar-refractivity contribution in [3.05, 3.63) is 17.8 Å². The molecule has 3 heterocycles. The number of rotatable bonds is 3. The van der Waals surface area contributed by atoms with Crippen molar-refractivity contribution in [2.75, 3.05) is 30.5 Å². The number of carbonyl (C=O) groups excluding carboxylic acids is 1. The molecule has 1 N–H and O–H groups in total. The van der Waals surface area contributed by atoms with Gasteiger partial charge in [0.2, 0.25) is 5.88 Å². The van der Waals surface area contributed by atoms with Crippen molar-refractivity contribution in [3.63, 3.8) is 0 Å². The molecule has 1 aromatic rings. The number of amides is 1. The van der Waals surface area contributed by atoms with E-state index in [1.54, 1.807) is 6.07 Å². The third-order valence-electron chi connectivity index (χ3n) is 4.30. The summed E-state index contributed by atoms with van der Waals surface area (Å²) in [5.74, 6) is -0.0576. The fourth-order valence-corrected chi connectivity index (χ4v) is 4.77. The summed E-state index contributed by atoms with van der Waals surface area (Å²) in [6, 6.07) is 1.55. The van der Waals surface area contributed by atoms with E-state index in [4.69, 9.17) is 4.74 Å². The van der Waals surface area contributed by atoms with E-state index in [9.17, 15) is 13.2 Å². The molecule has 0 radical (unpaired) electrons. The van der Waals surface area contributed by atoms with Crippen LogP contribution in [-0.2, 0) is 10.2 Å². The van der Waals surface area contributed by atoms with Crippen molar-refractivity contribution < 1.29 is 17.9 Å². The minimum Gasteiger partial charge on any atom is -0.474 e. The molecule has 1 saturated heterocycles. The highest BCUT2D eigenvalue weighted by molar-refractivity contribution is 7.90. The lowest BCUT2D eigenvalue weighted by atomic mass is 10.1. The van der Waals surface area contributed by atoms with Crippen LogP contribution < -0.4 is 14.4 Å². The zero-order chi connectivity index (χ0) is 18.9. The number of nitrogens with one attached hydrogen (secondary N) is 1. The molecule has 8 nitrogen and oxygen atoms in total. The molecule has 0 atom stereocenters. The molecule has 9 heteroatoms. The molecule has 0 unspecified atom stereocenters. The van der Waals surface area contributed by atoms with Crippen LogP contribution in [0.5, 0.6) is 5.88 Å². The summed E-state index contributed by atoms with van der Waals surface area (Å²) in [7, 11) is -3.66. The maximum absolute atomic E-state index is 13.1. The Morgan fingerprint density at radius 1 is 1.19 bits per heavy atom. The van der Waals surface area contributed by atoms with Crippen LogP contribution in [0.1, 0.15) is 50.4 Å². The number of piperidine rings is 1. The van der Waals surface area contributed by atoms with Crippen LogP contribution in [-0.4, -0.2) is 55.4 Å². The number of fused-ring (bicyclic) bond motifs is 1. The molecule has 1 fully saturated rings. The third kappa shape index (κ3) is 3.93. The topological polar surface area (TPSA) is 91.8 Å². The first-order valence-electron chi connectivity index (χ1n) is 8.92. The van der Waals surface area contributed by atoms with E-state index in [0.29, 0.717) is 24.3 Å². The van der Waals surface area contributed by atoms with Crippen LogP contribution in [0, 0.1) is 0 Å². The standard InChI is InChI=1S/C17H26N4O4S/c1-17(2,3)19-15(22)13-11-14-16(18-12-13)25-10-9-21(14)26(23,24)20-7-5-4-6-8-20/h11-12H,4-10H2,1-3H3,(H,19,22). The molecule has 2 aliphatic heterocycles. The highest BCUT2D eigenvalue weighted by Crippen LogP contribution is 2.33. The van der Waals surface area contributed by atoms with Gasteiger partial charge < -0.3 is 10.1 Å². The lowest BCUT2D eigenvalue weighted by Crippen LogP contribution is -2.49. The van der Waals surface area contributed by atoms with Crippen molar-refractivity contribution in [3.8, 4) is 5.88 Å². The molecule has 1 amide bonds. The van der Waals surface area contributed by atoms with E-state index in [1.165, 1.54) is 14.8 Å². The zero-order valence-corrected chi connectivity index (χ0v) is 16.3. The quantitative estimate of drug-likeness (QED) is 0.856. The lowest BCUT2D eigenvalue weighted by Gasteiger charge is -2.35. The van der Waals surface area contributed by atoms with Gasteiger partial charge in [0.15, 0.2) is 0 Å². The largest absolute Gasteiger partial charge is 0.474 e. The van der Waals surface area contributed by atoms with E-state index in [1.807, 2.05) is 20.8 Å². The minimum atomic E-state index is -3.66. The van der Waals surface area contributed by atoms with Gasteiger partial charge in [0.05, 0.1) is 12.1 Å². The van der Waals surface area contributed by atoms with Crippen molar-refractivity contribution in [1.29, 1.82) is 0 Å². The fraction of sp³-hybridized carbons (Fsp3) is 0.647. The molecule has 3 rings (SSSR count). The Labute approximate surface area is 154 Å². The Bertz CT molecular complexity index is 782. The monoisotopic (exact) mass is 382 g/mol. The number of aromatic nitrogens is 1. The summed E-state index contributed by atoms with van der Waals surface area (Å²) < 4.78 is 34.5. The van der Waals surface area contributed by atoms with Gasteiger partial charge in [0.25, 0.3) is 5.91 Å². The second-order valence-electron chi connectivity index (χ2n) is 7.64. The number of ether oxygens (including phenoxy) is 1. The third-order valence-corrected chi connectivity index (χ3v) is 6.26. The smallest absolute Gasteiger partial charge is 0.304 e. The zero-order valence-electron chi connectivity index (χ0n) is 15.5. The summed E-state index contributed by atoms with van der Waals surface area (Å²) in [4.78, 5) is 16.6. The molecular formula is C17H26N4O4S. The Kier molecular flexibility index (Phi) is 5.12. The van der Waals surface area contributed by atoms with Gasteiger partial charge in [-0.2, -0.15) is 12.7 Å². The van der Waals surface area contributed by atoms with Crippen LogP contribution in [0.15, 0.2) is 12.3 Å². The summed E-state index contributed by atoms with van der Waals surface area (Å²) in [5, 5.41) is 2.86. The maximum Gasteiger partial charge on any atom is 0.304 e. The maximum atomic E-state index is 13.1. The molecule has 0 aromatic carbocycles. The Hall–Kier alpha value is -1.87. The van der Waals surface area contributed by atoms with Crippen LogP contribution in [0.2, 0.25) is 0 Å². The van der Waals surface area contributed by atoms with Crippen LogP contribution >= 0.6 is 0 Å². The predicted molar refractivity (Wildman–Crippen MR) is 98.6 cm³/mol. The van der Waals surface area contributed by atoms with E-state index in [2.05, 4.69) is 10.3 Å². The Morgan fingerprint density at radius 3 is 2.54 bits per heavy atom. The van der Waals surface area contributed by atoms with Crippen molar-refractivity contribution in [1.82, 2.24) is 14.6 Å². The number of hydrogen-bond acceptors (Lipinski definition) is 5. The van der Waals surface area contributed by atoms with Gasteiger partial charge in [-0.1, -0.05) is 6.42 Å². The van der Waals surface area contributed by atoms with Crippen molar-refractivity contribution in [2.24, 2.45) is 0 Å². The second-order valence-corrected chi connectivity index (χ2v) is 9.49. The molecule has 26 heavy (non-hydrogen) atoms. The highest BCUT2D eigenvalue weighted by atomic mass is 32.2. The number of nitrogens with zero attached hydrogens (tertiary/aromatic N) is 3. The predicted octanol–water partition coefficient (Wildman–Crippen LogP) is 1.54.